The maximum atomic E-state index is 13.6. The zero-order chi connectivity index (χ0) is 28.2. The number of hydrogen-bond donors (Lipinski definition) is 1. The highest BCUT2D eigenvalue weighted by Crippen LogP contribution is 2.47. The third-order valence-corrected chi connectivity index (χ3v) is 7.38. The molecule has 0 bridgehead atoms. The molecule has 1 aliphatic rings. The van der Waals surface area contributed by atoms with E-state index in [-0.39, 0.29) is 25.0 Å². The van der Waals surface area contributed by atoms with Gasteiger partial charge < -0.3 is 14.6 Å². The van der Waals surface area contributed by atoms with E-state index >= 15 is 0 Å². The van der Waals surface area contributed by atoms with Gasteiger partial charge in [-0.05, 0) is 34.6 Å². The summed E-state index contributed by atoms with van der Waals surface area (Å²) < 4.78 is 11.3. The fourth-order valence-electron chi connectivity index (χ4n) is 5.26. The van der Waals surface area contributed by atoms with Crippen LogP contribution < -0.4 is 0 Å². The van der Waals surface area contributed by atoms with Crippen LogP contribution in [0.15, 0.2) is 84.9 Å². The van der Waals surface area contributed by atoms with Crippen LogP contribution in [-0.2, 0) is 42.5 Å². The van der Waals surface area contributed by atoms with Gasteiger partial charge in [-0.15, -0.1) is 0 Å². The zero-order valence-corrected chi connectivity index (χ0v) is 22.9. The molecule has 6 nitrogen and oxygen atoms in total. The summed E-state index contributed by atoms with van der Waals surface area (Å²) >= 11 is 0. The van der Waals surface area contributed by atoms with Crippen LogP contribution >= 0.6 is 0 Å². The fraction of sp³-hybridized carbons (Fsp3) is 0.364. The Bertz CT molecular complexity index is 1290. The van der Waals surface area contributed by atoms with Gasteiger partial charge in [0.2, 0.25) is 0 Å². The molecule has 0 radical (unpaired) electrons. The number of aliphatic hydroxyl groups is 1. The number of carbonyl (C=O) groups is 3. The first kappa shape index (κ1) is 28.2. The normalized spacial score (nSPS) is 23.2. The van der Waals surface area contributed by atoms with E-state index in [0.29, 0.717) is 5.56 Å². The summed E-state index contributed by atoms with van der Waals surface area (Å²) in [4.78, 5) is 40.5. The molecule has 6 heteroatoms. The van der Waals surface area contributed by atoms with Gasteiger partial charge in [0.25, 0.3) is 0 Å². The first-order valence-electron chi connectivity index (χ1n) is 13.2. The van der Waals surface area contributed by atoms with Crippen molar-refractivity contribution in [3.63, 3.8) is 0 Å². The summed E-state index contributed by atoms with van der Waals surface area (Å²) in [6, 6.07) is 25.9. The van der Waals surface area contributed by atoms with Crippen LogP contribution in [0, 0.1) is 11.8 Å². The SMILES string of the molecule is CC(C)(C)c1ccc([C@@H]2[C@H](C(=O)OCc3ccccc3)C(=O)C[C@@](C)(O)[C@H]2C(=O)OCc2ccccc2)cc1. The predicted molar refractivity (Wildman–Crippen MR) is 148 cm³/mol. The summed E-state index contributed by atoms with van der Waals surface area (Å²) in [5, 5.41) is 11.4. The highest BCUT2D eigenvalue weighted by atomic mass is 16.5. The lowest BCUT2D eigenvalue weighted by Gasteiger charge is -2.43. The average molecular weight is 529 g/mol. The van der Waals surface area contributed by atoms with E-state index in [4.69, 9.17) is 9.47 Å². The molecular weight excluding hydrogens is 492 g/mol. The van der Waals surface area contributed by atoms with E-state index in [9.17, 15) is 19.5 Å². The minimum atomic E-state index is -1.71. The first-order chi connectivity index (χ1) is 18.5. The van der Waals surface area contributed by atoms with Crippen molar-refractivity contribution in [3.05, 3.63) is 107 Å². The summed E-state index contributed by atoms with van der Waals surface area (Å²) in [5.74, 6) is -5.22. The van der Waals surface area contributed by atoms with Crippen LogP contribution in [0.5, 0.6) is 0 Å². The molecule has 4 atom stereocenters. The van der Waals surface area contributed by atoms with E-state index in [2.05, 4.69) is 20.8 Å². The zero-order valence-electron chi connectivity index (χ0n) is 22.9. The van der Waals surface area contributed by atoms with Crippen molar-refractivity contribution < 1.29 is 29.0 Å². The standard InChI is InChI=1S/C33H36O6/c1-32(2,3)25-17-15-24(16-18-25)27-28(30(35)38-20-22-11-7-5-8-12-22)26(34)19-33(4,37)29(27)31(36)39-21-23-13-9-6-10-14-23/h5-18,27-29,37H,19-21H2,1-4H3/t27-,28-,29-,33-/m1/s1. The first-order valence-corrected chi connectivity index (χ1v) is 13.2. The molecule has 1 aliphatic carbocycles. The molecular formula is C33H36O6. The topological polar surface area (TPSA) is 89.9 Å². The highest BCUT2D eigenvalue weighted by Gasteiger charge is 2.57. The van der Waals surface area contributed by atoms with Gasteiger partial charge >= 0.3 is 11.9 Å². The molecule has 0 spiro atoms. The highest BCUT2D eigenvalue weighted by molar-refractivity contribution is 6.02. The van der Waals surface area contributed by atoms with Crippen LogP contribution in [0.3, 0.4) is 0 Å². The Hall–Kier alpha value is -3.77. The average Bonchev–Trinajstić information content (AvgIpc) is 2.90. The second-order valence-electron chi connectivity index (χ2n) is 11.5. The Morgan fingerprint density at radius 2 is 1.31 bits per heavy atom. The second-order valence-corrected chi connectivity index (χ2v) is 11.5. The molecule has 0 unspecified atom stereocenters. The molecule has 0 aromatic heterocycles. The van der Waals surface area contributed by atoms with Gasteiger partial charge in [-0.2, -0.15) is 0 Å². The van der Waals surface area contributed by atoms with Crippen molar-refractivity contribution in [3.8, 4) is 0 Å². The summed E-state index contributed by atoms with van der Waals surface area (Å²) in [5.41, 5.74) is 1.41. The van der Waals surface area contributed by atoms with Crippen LogP contribution in [0.25, 0.3) is 0 Å². The van der Waals surface area contributed by atoms with Crippen LogP contribution in [0.2, 0.25) is 0 Å². The van der Waals surface area contributed by atoms with E-state index in [1.165, 1.54) is 6.92 Å². The molecule has 0 amide bonds. The minimum absolute atomic E-state index is 0.00134. The smallest absolute Gasteiger partial charge is 0.317 e. The van der Waals surface area contributed by atoms with Gasteiger partial charge in [0.15, 0.2) is 5.78 Å². The van der Waals surface area contributed by atoms with Crippen molar-refractivity contribution in [1.29, 1.82) is 0 Å². The number of rotatable bonds is 7. The molecule has 0 heterocycles. The van der Waals surface area contributed by atoms with Crippen LogP contribution in [-0.4, -0.2) is 28.4 Å². The number of Topliss-reactive ketones (excluding diaryl/α,β-unsaturated/α-hetero) is 1. The monoisotopic (exact) mass is 528 g/mol. The molecule has 1 N–H and O–H groups in total. The van der Waals surface area contributed by atoms with Crippen molar-refractivity contribution in [2.24, 2.45) is 11.8 Å². The fourth-order valence-corrected chi connectivity index (χ4v) is 5.26. The lowest BCUT2D eigenvalue weighted by Crippen LogP contribution is -2.55. The Kier molecular flexibility index (Phi) is 8.36. The number of ketones is 1. The van der Waals surface area contributed by atoms with Crippen molar-refractivity contribution in [1.82, 2.24) is 0 Å². The Morgan fingerprint density at radius 3 is 1.79 bits per heavy atom. The number of esters is 2. The lowest BCUT2D eigenvalue weighted by atomic mass is 9.61. The van der Waals surface area contributed by atoms with Crippen LogP contribution in [0.1, 0.15) is 62.3 Å². The number of carbonyl (C=O) groups excluding carboxylic acids is 3. The maximum Gasteiger partial charge on any atom is 0.317 e. The van der Waals surface area contributed by atoms with Gasteiger partial charge in [-0.25, -0.2) is 0 Å². The molecule has 1 saturated carbocycles. The van der Waals surface area contributed by atoms with E-state index in [1.807, 2.05) is 84.9 Å². The second kappa shape index (κ2) is 11.5. The molecule has 39 heavy (non-hydrogen) atoms. The molecule has 3 aromatic rings. The van der Waals surface area contributed by atoms with Crippen LogP contribution in [0.4, 0.5) is 0 Å². The summed E-state index contributed by atoms with van der Waals surface area (Å²) in [6.45, 7) is 7.73. The Morgan fingerprint density at radius 1 is 0.821 bits per heavy atom. The van der Waals surface area contributed by atoms with E-state index < -0.39 is 41.1 Å². The quantitative estimate of drug-likeness (QED) is 0.321. The predicted octanol–water partition coefficient (Wildman–Crippen LogP) is 5.51. The molecule has 0 saturated heterocycles. The van der Waals surface area contributed by atoms with E-state index in [0.717, 1.165) is 16.7 Å². The molecule has 1 fully saturated rings. The lowest BCUT2D eigenvalue weighted by molar-refractivity contribution is -0.174. The van der Waals surface area contributed by atoms with Crippen molar-refractivity contribution in [2.75, 3.05) is 0 Å². The van der Waals surface area contributed by atoms with Gasteiger partial charge in [-0.1, -0.05) is 106 Å². The third-order valence-electron chi connectivity index (χ3n) is 7.38. The third kappa shape index (κ3) is 6.63. The Labute approximate surface area is 230 Å². The minimum Gasteiger partial charge on any atom is -0.461 e. The maximum absolute atomic E-state index is 13.6. The number of hydrogen-bond acceptors (Lipinski definition) is 6. The molecule has 204 valence electrons. The van der Waals surface area contributed by atoms with Crippen molar-refractivity contribution in [2.45, 2.75) is 64.3 Å². The van der Waals surface area contributed by atoms with E-state index in [1.54, 1.807) is 0 Å². The molecule has 3 aromatic carbocycles. The largest absolute Gasteiger partial charge is 0.461 e. The molecule has 4 rings (SSSR count). The van der Waals surface area contributed by atoms with Gasteiger partial charge in [-0.3, -0.25) is 14.4 Å². The number of ether oxygens (including phenoxy) is 2. The van der Waals surface area contributed by atoms with Gasteiger partial charge in [0.05, 0.1) is 11.5 Å². The van der Waals surface area contributed by atoms with Gasteiger partial charge in [0.1, 0.15) is 19.1 Å². The summed E-state index contributed by atoms with van der Waals surface area (Å²) in [7, 11) is 0. The Balaban J connectivity index is 1.69. The van der Waals surface area contributed by atoms with Crippen molar-refractivity contribution >= 4 is 17.7 Å². The number of benzene rings is 3. The summed E-state index contributed by atoms with van der Waals surface area (Å²) in [6.07, 6.45) is -0.361. The molecule has 0 aliphatic heterocycles. The van der Waals surface area contributed by atoms with Gasteiger partial charge in [0, 0.05) is 12.3 Å².